The Bertz CT molecular complexity index is 447. The van der Waals surface area contributed by atoms with E-state index in [1.54, 1.807) is 0 Å². The van der Waals surface area contributed by atoms with Gasteiger partial charge in [0.15, 0.2) is 0 Å². The van der Waals surface area contributed by atoms with Crippen LogP contribution in [0.1, 0.15) is 61.8 Å². The summed E-state index contributed by atoms with van der Waals surface area (Å²) in [6.07, 6.45) is 6.01. The van der Waals surface area contributed by atoms with E-state index in [0.717, 1.165) is 6.42 Å². The predicted octanol–water partition coefficient (Wildman–Crippen LogP) is 4.89. The fourth-order valence-electron chi connectivity index (χ4n) is 2.97. The monoisotopic (exact) mass is 246 g/mol. The summed E-state index contributed by atoms with van der Waals surface area (Å²) in [6.45, 7) is 11.1. The number of hydrogen-bond acceptors (Lipinski definition) is 1. The quantitative estimate of drug-likeness (QED) is 0.738. The van der Waals surface area contributed by atoms with Gasteiger partial charge < -0.3 is 4.74 Å². The van der Waals surface area contributed by atoms with Crippen LogP contribution in [-0.2, 0) is 6.42 Å². The van der Waals surface area contributed by atoms with E-state index in [0.29, 0.717) is 0 Å². The zero-order valence-electron chi connectivity index (χ0n) is 12.5. The molecule has 0 radical (unpaired) electrons. The highest BCUT2D eigenvalue weighted by Crippen LogP contribution is 2.40. The van der Waals surface area contributed by atoms with Gasteiger partial charge >= 0.3 is 0 Å². The van der Waals surface area contributed by atoms with Gasteiger partial charge in [0.1, 0.15) is 11.4 Å². The van der Waals surface area contributed by atoms with Crippen LogP contribution in [0.5, 0.6) is 5.75 Å². The molecule has 1 aliphatic heterocycles. The highest BCUT2D eigenvalue weighted by Gasteiger charge is 2.32. The van der Waals surface area contributed by atoms with Crippen molar-refractivity contribution >= 4 is 0 Å². The molecule has 0 aromatic heterocycles. The number of hydrogen-bond donors (Lipinski definition) is 0. The van der Waals surface area contributed by atoms with Crippen LogP contribution >= 0.6 is 0 Å². The maximum Gasteiger partial charge on any atom is 0.126 e. The average Bonchev–Trinajstić information content (AvgIpc) is 2.33. The standard InChI is InChI=1S/C17H26O/c1-6-7-9-17(5)10-8-15-13(3)11-12(2)14(4)16(15)18-17/h11H,6-10H2,1-5H3. The first kappa shape index (κ1) is 13.5. The van der Waals surface area contributed by atoms with Gasteiger partial charge in [-0.15, -0.1) is 0 Å². The van der Waals surface area contributed by atoms with E-state index in [4.69, 9.17) is 4.74 Å². The molecule has 18 heavy (non-hydrogen) atoms. The van der Waals surface area contributed by atoms with Crippen molar-refractivity contribution in [2.45, 2.75) is 72.3 Å². The van der Waals surface area contributed by atoms with E-state index < -0.39 is 0 Å². The van der Waals surface area contributed by atoms with Gasteiger partial charge in [-0.1, -0.05) is 19.4 Å². The van der Waals surface area contributed by atoms with Crippen molar-refractivity contribution in [3.05, 3.63) is 28.3 Å². The summed E-state index contributed by atoms with van der Waals surface area (Å²) in [5.74, 6) is 1.18. The lowest BCUT2D eigenvalue weighted by Gasteiger charge is -2.38. The van der Waals surface area contributed by atoms with Gasteiger partial charge in [0.05, 0.1) is 0 Å². The van der Waals surface area contributed by atoms with Gasteiger partial charge in [-0.05, 0) is 75.6 Å². The first-order valence-corrected chi connectivity index (χ1v) is 7.25. The second-order valence-electron chi connectivity index (χ2n) is 6.10. The fraction of sp³-hybridized carbons (Fsp3) is 0.647. The first-order valence-electron chi connectivity index (χ1n) is 7.25. The lowest BCUT2D eigenvalue weighted by molar-refractivity contribution is 0.0529. The van der Waals surface area contributed by atoms with Crippen LogP contribution in [0.3, 0.4) is 0 Å². The molecular formula is C17H26O. The molecule has 0 saturated carbocycles. The summed E-state index contributed by atoms with van der Waals surface area (Å²) in [7, 11) is 0. The van der Waals surface area contributed by atoms with Crippen LogP contribution < -0.4 is 4.74 Å². The molecule has 1 atom stereocenters. The fourth-order valence-corrected chi connectivity index (χ4v) is 2.97. The molecule has 0 N–H and O–H groups in total. The highest BCUT2D eigenvalue weighted by molar-refractivity contribution is 5.51. The Labute approximate surface area is 112 Å². The van der Waals surface area contributed by atoms with Crippen molar-refractivity contribution < 1.29 is 4.74 Å². The Morgan fingerprint density at radius 1 is 1.22 bits per heavy atom. The molecule has 0 spiro atoms. The van der Waals surface area contributed by atoms with Gasteiger partial charge in [-0.25, -0.2) is 0 Å². The predicted molar refractivity (Wildman–Crippen MR) is 77.5 cm³/mol. The molecule has 1 heterocycles. The molecule has 1 aromatic rings. The SMILES string of the molecule is CCCCC1(C)CCc2c(C)cc(C)c(C)c2O1. The molecule has 100 valence electrons. The van der Waals surface area contributed by atoms with Crippen molar-refractivity contribution in [2.24, 2.45) is 0 Å². The number of aryl methyl sites for hydroxylation is 2. The number of ether oxygens (including phenoxy) is 1. The molecule has 1 unspecified atom stereocenters. The first-order chi connectivity index (χ1) is 8.47. The summed E-state index contributed by atoms with van der Waals surface area (Å²) in [5, 5.41) is 0. The Morgan fingerprint density at radius 2 is 1.94 bits per heavy atom. The molecule has 2 rings (SSSR count). The topological polar surface area (TPSA) is 9.23 Å². The summed E-state index contributed by atoms with van der Waals surface area (Å²) in [6, 6.07) is 2.30. The molecule has 0 saturated heterocycles. The number of rotatable bonds is 3. The molecule has 0 bridgehead atoms. The van der Waals surface area contributed by atoms with Crippen molar-refractivity contribution in [3.8, 4) is 5.75 Å². The minimum absolute atomic E-state index is 0.0496. The van der Waals surface area contributed by atoms with Crippen LogP contribution in [0.15, 0.2) is 6.07 Å². The lowest BCUT2D eigenvalue weighted by Crippen LogP contribution is -2.37. The molecule has 0 fully saturated rings. The Morgan fingerprint density at radius 3 is 2.61 bits per heavy atom. The smallest absolute Gasteiger partial charge is 0.126 e. The molecule has 0 aliphatic carbocycles. The zero-order chi connectivity index (χ0) is 13.3. The van der Waals surface area contributed by atoms with Crippen LogP contribution in [-0.4, -0.2) is 5.60 Å². The average molecular weight is 246 g/mol. The van der Waals surface area contributed by atoms with Gasteiger partial charge in [-0.2, -0.15) is 0 Å². The minimum Gasteiger partial charge on any atom is -0.487 e. The van der Waals surface area contributed by atoms with Crippen molar-refractivity contribution in [1.82, 2.24) is 0 Å². The molecule has 1 heteroatoms. The van der Waals surface area contributed by atoms with Crippen LogP contribution in [0.4, 0.5) is 0 Å². The molecular weight excluding hydrogens is 220 g/mol. The number of fused-ring (bicyclic) bond motifs is 1. The second kappa shape index (κ2) is 4.95. The van der Waals surface area contributed by atoms with E-state index in [1.807, 2.05) is 0 Å². The van der Waals surface area contributed by atoms with Crippen LogP contribution in [0.25, 0.3) is 0 Å². The maximum atomic E-state index is 6.41. The highest BCUT2D eigenvalue weighted by atomic mass is 16.5. The Kier molecular flexibility index (Phi) is 3.70. The normalized spacial score (nSPS) is 22.5. The summed E-state index contributed by atoms with van der Waals surface area (Å²) < 4.78 is 6.41. The van der Waals surface area contributed by atoms with E-state index in [9.17, 15) is 0 Å². The van der Waals surface area contributed by atoms with Gasteiger partial charge in [0.25, 0.3) is 0 Å². The minimum atomic E-state index is 0.0496. The molecule has 1 nitrogen and oxygen atoms in total. The number of benzene rings is 1. The lowest BCUT2D eigenvalue weighted by atomic mass is 9.85. The van der Waals surface area contributed by atoms with E-state index in [1.165, 1.54) is 53.7 Å². The number of unbranched alkanes of at least 4 members (excludes halogenated alkanes) is 1. The third-order valence-corrected chi connectivity index (χ3v) is 4.43. The summed E-state index contributed by atoms with van der Waals surface area (Å²) >= 11 is 0. The largest absolute Gasteiger partial charge is 0.487 e. The zero-order valence-corrected chi connectivity index (χ0v) is 12.5. The van der Waals surface area contributed by atoms with Gasteiger partial charge in [0.2, 0.25) is 0 Å². The Hall–Kier alpha value is -0.980. The van der Waals surface area contributed by atoms with E-state index in [-0.39, 0.29) is 5.60 Å². The summed E-state index contributed by atoms with van der Waals surface area (Å²) in [5.41, 5.74) is 5.57. The Balaban J connectivity index is 2.33. The van der Waals surface area contributed by atoms with Crippen molar-refractivity contribution in [2.75, 3.05) is 0 Å². The third kappa shape index (κ3) is 2.41. The van der Waals surface area contributed by atoms with Gasteiger partial charge in [-0.3, -0.25) is 0 Å². The third-order valence-electron chi connectivity index (χ3n) is 4.43. The molecule has 0 amide bonds. The van der Waals surface area contributed by atoms with E-state index >= 15 is 0 Å². The van der Waals surface area contributed by atoms with Crippen molar-refractivity contribution in [3.63, 3.8) is 0 Å². The van der Waals surface area contributed by atoms with Gasteiger partial charge in [0, 0.05) is 0 Å². The maximum absolute atomic E-state index is 6.41. The van der Waals surface area contributed by atoms with Crippen LogP contribution in [0.2, 0.25) is 0 Å². The summed E-state index contributed by atoms with van der Waals surface area (Å²) in [4.78, 5) is 0. The molecule has 1 aromatic carbocycles. The molecule has 1 aliphatic rings. The van der Waals surface area contributed by atoms with Crippen molar-refractivity contribution in [1.29, 1.82) is 0 Å². The second-order valence-corrected chi connectivity index (χ2v) is 6.10. The van der Waals surface area contributed by atoms with E-state index in [2.05, 4.69) is 40.7 Å². The van der Waals surface area contributed by atoms with Crippen LogP contribution in [0, 0.1) is 20.8 Å².